The van der Waals surface area contributed by atoms with Crippen molar-refractivity contribution in [3.63, 3.8) is 0 Å². The van der Waals surface area contributed by atoms with E-state index in [4.69, 9.17) is 5.11 Å². The molecule has 1 heterocycles. The van der Waals surface area contributed by atoms with E-state index in [1.54, 1.807) is 0 Å². The molecule has 0 aromatic carbocycles. The molecule has 0 radical (unpaired) electrons. The van der Waals surface area contributed by atoms with Crippen molar-refractivity contribution in [1.29, 1.82) is 0 Å². The molecule has 21 heavy (non-hydrogen) atoms. The van der Waals surface area contributed by atoms with E-state index in [0.717, 1.165) is 32.5 Å². The summed E-state index contributed by atoms with van der Waals surface area (Å²) in [4.78, 5) is 25.0. The SMILES string of the molecule is O=C(NCCN1CCSCC1)NC1CCC(C(=O)O)CC1. The van der Waals surface area contributed by atoms with Gasteiger partial charge in [-0.3, -0.25) is 9.69 Å². The van der Waals surface area contributed by atoms with Crippen LogP contribution in [0.5, 0.6) is 0 Å². The van der Waals surface area contributed by atoms with Crippen LogP contribution in [0.15, 0.2) is 0 Å². The highest BCUT2D eigenvalue weighted by Crippen LogP contribution is 2.24. The molecule has 1 saturated carbocycles. The van der Waals surface area contributed by atoms with Crippen LogP contribution in [-0.2, 0) is 4.79 Å². The molecule has 1 aliphatic heterocycles. The summed E-state index contributed by atoms with van der Waals surface area (Å²) in [6.45, 7) is 3.78. The molecule has 2 aliphatic rings. The number of amides is 2. The van der Waals surface area contributed by atoms with Gasteiger partial charge < -0.3 is 15.7 Å². The van der Waals surface area contributed by atoms with Crippen LogP contribution >= 0.6 is 11.8 Å². The van der Waals surface area contributed by atoms with Gasteiger partial charge in [-0.05, 0) is 25.7 Å². The molecule has 0 aromatic heterocycles. The Hall–Kier alpha value is -0.950. The van der Waals surface area contributed by atoms with Gasteiger partial charge in [0.2, 0.25) is 0 Å². The second-order valence-electron chi connectivity index (χ2n) is 5.74. The lowest BCUT2D eigenvalue weighted by Crippen LogP contribution is -2.46. The van der Waals surface area contributed by atoms with E-state index in [1.807, 2.05) is 11.8 Å². The minimum Gasteiger partial charge on any atom is -0.481 e. The lowest BCUT2D eigenvalue weighted by molar-refractivity contribution is -0.142. The molecule has 0 aromatic rings. The van der Waals surface area contributed by atoms with Crippen LogP contribution < -0.4 is 10.6 Å². The fraction of sp³-hybridized carbons (Fsp3) is 0.857. The summed E-state index contributed by atoms with van der Waals surface area (Å²) in [6.07, 6.45) is 2.83. The minimum absolute atomic E-state index is 0.118. The summed E-state index contributed by atoms with van der Waals surface area (Å²) in [6, 6.07) is -0.00727. The van der Waals surface area contributed by atoms with Gasteiger partial charge in [0.1, 0.15) is 0 Å². The van der Waals surface area contributed by atoms with E-state index in [1.165, 1.54) is 11.5 Å². The molecule has 120 valence electrons. The number of carboxylic acid groups (broad SMARTS) is 1. The number of carbonyl (C=O) groups excluding carboxylic acids is 1. The fourth-order valence-electron chi connectivity index (χ4n) is 2.87. The molecule has 0 spiro atoms. The predicted molar refractivity (Wildman–Crippen MR) is 83.7 cm³/mol. The molecular formula is C14H25N3O3S. The maximum atomic E-state index is 11.8. The third kappa shape index (κ3) is 5.74. The van der Waals surface area contributed by atoms with Crippen molar-refractivity contribution < 1.29 is 14.7 Å². The minimum atomic E-state index is -0.711. The van der Waals surface area contributed by atoms with Crippen LogP contribution in [0.1, 0.15) is 25.7 Å². The second-order valence-corrected chi connectivity index (χ2v) is 6.97. The number of carboxylic acids is 1. The van der Waals surface area contributed by atoms with Gasteiger partial charge in [0.25, 0.3) is 0 Å². The van der Waals surface area contributed by atoms with Gasteiger partial charge in [-0.25, -0.2) is 4.79 Å². The molecule has 3 N–H and O–H groups in total. The number of carbonyl (C=O) groups is 2. The van der Waals surface area contributed by atoms with Crippen LogP contribution in [0.4, 0.5) is 4.79 Å². The van der Waals surface area contributed by atoms with Gasteiger partial charge in [0.05, 0.1) is 5.92 Å². The molecule has 1 aliphatic carbocycles. The maximum Gasteiger partial charge on any atom is 0.315 e. The van der Waals surface area contributed by atoms with Gasteiger partial charge in [-0.1, -0.05) is 0 Å². The van der Waals surface area contributed by atoms with Crippen molar-refractivity contribution in [2.24, 2.45) is 5.92 Å². The Morgan fingerprint density at radius 3 is 2.43 bits per heavy atom. The maximum absolute atomic E-state index is 11.8. The summed E-state index contributed by atoms with van der Waals surface area (Å²) in [5.41, 5.74) is 0. The summed E-state index contributed by atoms with van der Waals surface area (Å²) < 4.78 is 0. The molecule has 2 amide bonds. The van der Waals surface area contributed by atoms with Gasteiger partial charge in [-0.2, -0.15) is 11.8 Å². The van der Waals surface area contributed by atoms with Crippen molar-refractivity contribution in [3.05, 3.63) is 0 Å². The van der Waals surface area contributed by atoms with Gasteiger partial charge in [0, 0.05) is 43.7 Å². The largest absolute Gasteiger partial charge is 0.481 e. The van der Waals surface area contributed by atoms with Crippen LogP contribution in [0.2, 0.25) is 0 Å². The Kier molecular flexibility index (Phi) is 6.63. The Bertz CT molecular complexity index is 353. The zero-order valence-electron chi connectivity index (χ0n) is 12.3. The van der Waals surface area contributed by atoms with Crippen molar-refractivity contribution in [2.75, 3.05) is 37.7 Å². The average molecular weight is 315 g/mol. The number of hydrogen-bond donors (Lipinski definition) is 3. The molecule has 6 nitrogen and oxygen atoms in total. The normalized spacial score (nSPS) is 27.0. The highest BCUT2D eigenvalue weighted by molar-refractivity contribution is 7.99. The molecule has 2 fully saturated rings. The Morgan fingerprint density at radius 1 is 1.14 bits per heavy atom. The van der Waals surface area contributed by atoms with E-state index in [2.05, 4.69) is 15.5 Å². The monoisotopic (exact) mass is 315 g/mol. The number of nitrogens with zero attached hydrogens (tertiary/aromatic N) is 1. The predicted octanol–water partition coefficient (Wildman–Crippen LogP) is 0.978. The molecule has 0 atom stereocenters. The summed E-state index contributed by atoms with van der Waals surface area (Å²) >= 11 is 1.98. The van der Waals surface area contributed by atoms with E-state index in [9.17, 15) is 9.59 Å². The Labute approximate surface area is 130 Å². The standard InChI is InChI=1S/C14H25N3O3S/c18-13(19)11-1-3-12(4-2-11)16-14(20)15-5-6-17-7-9-21-10-8-17/h11-12H,1-10H2,(H,18,19)(H2,15,16,20). The van der Waals surface area contributed by atoms with Gasteiger partial charge in [-0.15, -0.1) is 0 Å². The molecule has 7 heteroatoms. The average Bonchev–Trinajstić information content (AvgIpc) is 2.49. The first-order chi connectivity index (χ1) is 10.1. The van der Waals surface area contributed by atoms with E-state index in [0.29, 0.717) is 19.4 Å². The first-order valence-electron chi connectivity index (χ1n) is 7.72. The lowest BCUT2D eigenvalue weighted by atomic mass is 9.86. The van der Waals surface area contributed by atoms with Crippen LogP contribution in [0, 0.1) is 5.92 Å². The Balaban J connectivity index is 1.56. The van der Waals surface area contributed by atoms with Crippen molar-refractivity contribution >= 4 is 23.8 Å². The lowest BCUT2D eigenvalue weighted by Gasteiger charge is -2.28. The topological polar surface area (TPSA) is 81.7 Å². The smallest absolute Gasteiger partial charge is 0.315 e. The third-order valence-electron chi connectivity index (χ3n) is 4.23. The molecule has 0 unspecified atom stereocenters. The number of rotatable bonds is 5. The molecule has 2 rings (SSSR count). The fourth-order valence-corrected chi connectivity index (χ4v) is 3.85. The van der Waals surface area contributed by atoms with E-state index >= 15 is 0 Å². The summed E-state index contributed by atoms with van der Waals surface area (Å²) in [5.74, 6) is 1.42. The van der Waals surface area contributed by atoms with Crippen molar-refractivity contribution in [1.82, 2.24) is 15.5 Å². The van der Waals surface area contributed by atoms with Crippen LogP contribution in [-0.4, -0.2) is 65.7 Å². The number of urea groups is 1. The second kappa shape index (κ2) is 8.48. The number of thioether (sulfide) groups is 1. The van der Waals surface area contributed by atoms with Crippen LogP contribution in [0.25, 0.3) is 0 Å². The first-order valence-corrected chi connectivity index (χ1v) is 8.88. The summed E-state index contributed by atoms with van der Waals surface area (Å²) in [5, 5.41) is 14.8. The van der Waals surface area contributed by atoms with Gasteiger partial charge >= 0.3 is 12.0 Å². The Morgan fingerprint density at radius 2 is 1.81 bits per heavy atom. The third-order valence-corrected chi connectivity index (χ3v) is 5.17. The van der Waals surface area contributed by atoms with Crippen molar-refractivity contribution in [2.45, 2.75) is 31.7 Å². The van der Waals surface area contributed by atoms with E-state index < -0.39 is 5.97 Å². The quantitative estimate of drug-likeness (QED) is 0.704. The zero-order valence-corrected chi connectivity index (χ0v) is 13.2. The number of aliphatic carboxylic acids is 1. The highest BCUT2D eigenvalue weighted by atomic mass is 32.2. The summed E-state index contributed by atoms with van der Waals surface area (Å²) in [7, 11) is 0. The molecule has 0 bridgehead atoms. The van der Waals surface area contributed by atoms with E-state index in [-0.39, 0.29) is 18.0 Å². The van der Waals surface area contributed by atoms with Gasteiger partial charge in [0.15, 0.2) is 0 Å². The van der Waals surface area contributed by atoms with Crippen molar-refractivity contribution in [3.8, 4) is 0 Å². The first kappa shape index (κ1) is 16.4. The van der Waals surface area contributed by atoms with Crippen LogP contribution in [0.3, 0.4) is 0 Å². The zero-order chi connectivity index (χ0) is 15.1. The number of hydrogen-bond acceptors (Lipinski definition) is 4. The molecular weight excluding hydrogens is 290 g/mol. The molecule has 1 saturated heterocycles. The number of nitrogens with one attached hydrogen (secondary N) is 2. The highest BCUT2D eigenvalue weighted by Gasteiger charge is 2.26.